The number of thiophene rings is 1. The molecule has 0 spiro atoms. The van der Waals surface area contributed by atoms with E-state index in [0.717, 1.165) is 24.2 Å². The molecule has 3 nitrogen and oxygen atoms in total. The molecule has 15 heavy (non-hydrogen) atoms. The fraction of sp³-hybridized carbons (Fsp3) is 0.333. The van der Waals surface area contributed by atoms with Crippen LogP contribution in [0.4, 0.5) is 0 Å². The van der Waals surface area contributed by atoms with Crippen molar-refractivity contribution in [1.82, 2.24) is 15.2 Å². The number of hydrogen-bond acceptors (Lipinski definition) is 3. The second-order valence-corrected chi connectivity index (χ2v) is 5.38. The molecule has 80 valence electrons. The molecule has 2 aromatic rings. The summed E-state index contributed by atoms with van der Waals surface area (Å²) in [6.07, 6.45) is 1.93. The first-order chi connectivity index (χ1) is 7.20. The highest BCUT2D eigenvalue weighted by molar-refractivity contribution is 7.20. The van der Waals surface area contributed by atoms with Crippen LogP contribution in [0.15, 0.2) is 6.07 Å². The lowest BCUT2D eigenvalue weighted by Crippen LogP contribution is -1.85. The minimum absolute atomic E-state index is 0.617. The molecule has 0 amide bonds. The summed E-state index contributed by atoms with van der Waals surface area (Å²) in [6, 6.07) is 1.79. The maximum absolute atomic E-state index is 6.01. The van der Waals surface area contributed by atoms with E-state index in [4.69, 9.17) is 23.2 Å². The number of H-pyrrole nitrogens is 1. The molecule has 2 rings (SSSR count). The van der Waals surface area contributed by atoms with Crippen LogP contribution >= 0.6 is 34.5 Å². The van der Waals surface area contributed by atoms with Crippen LogP contribution < -0.4 is 0 Å². The van der Waals surface area contributed by atoms with Gasteiger partial charge in [-0.25, -0.2) is 4.98 Å². The number of rotatable bonds is 3. The summed E-state index contributed by atoms with van der Waals surface area (Å²) in [7, 11) is 0. The first-order valence-corrected chi connectivity index (χ1v) is 6.14. The maximum Gasteiger partial charge on any atom is 0.183 e. The van der Waals surface area contributed by atoms with Crippen molar-refractivity contribution in [1.29, 1.82) is 0 Å². The van der Waals surface area contributed by atoms with E-state index in [2.05, 4.69) is 22.1 Å². The summed E-state index contributed by atoms with van der Waals surface area (Å²) in [6.45, 7) is 2.09. The zero-order chi connectivity index (χ0) is 10.8. The molecular weight excluding hydrogens is 253 g/mol. The molecule has 2 heterocycles. The number of nitrogens with zero attached hydrogens (tertiary/aromatic N) is 2. The Kier molecular flexibility index (Phi) is 3.29. The summed E-state index contributed by atoms with van der Waals surface area (Å²) in [5.41, 5.74) is 0.797. The number of aryl methyl sites for hydroxylation is 1. The van der Waals surface area contributed by atoms with E-state index in [1.165, 1.54) is 11.3 Å². The van der Waals surface area contributed by atoms with Crippen LogP contribution in [0.25, 0.3) is 11.4 Å². The Morgan fingerprint density at radius 2 is 2.27 bits per heavy atom. The number of aromatic amines is 1. The van der Waals surface area contributed by atoms with Gasteiger partial charge in [0, 0.05) is 6.42 Å². The molecule has 0 radical (unpaired) electrons. The van der Waals surface area contributed by atoms with Crippen molar-refractivity contribution in [3.63, 3.8) is 0 Å². The normalized spacial score (nSPS) is 10.9. The molecule has 6 heteroatoms. The third kappa shape index (κ3) is 2.33. The van der Waals surface area contributed by atoms with Crippen LogP contribution in [0, 0.1) is 0 Å². The van der Waals surface area contributed by atoms with Crippen LogP contribution in [0.1, 0.15) is 19.2 Å². The molecule has 1 N–H and O–H groups in total. The summed E-state index contributed by atoms with van der Waals surface area (Å²) < 4.78 is 1.28. The average molecular weight is 262 g/mol. The lowest BCUT2D eigenvalue weighted by atomic mass is 10.3. The van der Waals surface area contributed by atoms with Gasteiger partial charge in [-0.2, -0.15) is 5.10 Å². The summed E-state index contributed by atoms with van der Waals surface area (Å²) in [4.78, 5) is 4.34. The van der Waals surface area contributed by atoms with E-state index >= 15 is 0 Å². The Bertz CT molecular complexity index is 464. The number of hydrogen-bond donors (Lipinski definition) is 1. The topological polar surface area (TPSA) is 41.6 Å². The minimum atomic E-state index is 0.617. The first kappa shape index (κ1) is 10.9. The predicted molar refractivity (Wildman–Crippen MR) is 63.7 cm³/mol. The first-order valence-electron chi connectivity index (χ1n) is 4.57. The molecule has 0 bridgehead atoms. The smallest absolute Gasteiger partial charge is 0.183 e. The van der Waals surface area contributed by atoms with E-state index in [1.54, 1.807) is 6.07 Å². The average Bonchev–Trinajstić information content (AvgIpc) is 2.73. The second kappa shape index (κ2) is 4.51. The Morgan fingerprint density at radius 1 is 1.47 bits per heavy atom. The quantitative estimate of drug-likeness (QED) is 0.914. The third-order valence-electron chi connectivity index (χ3n) is 1.92. The lowest BCUT2D eigenvalue weighted by molar-refractivity contribution is 0.841. The van der Waals surface area contributed by atoms with Gasteiger partial charge in [0.05, 0.1) is 9.90 Å². The van der Waals surface area contributed by atoms with Crippen molar-refractivity contribution in [3.8, 4) is 11.4 Å². The molecule has 0 saturated carbocycles. The van der Waals surface area contributed by atoms with E-state index in [9.17, 15) is 0 Å². The number of halogens is 2. The van der Waals surface area contributed by atoms with E-state index < -0.39 is 0 Å². The van der Waals surface area contributed by atoms with Crippen LogP contribution in [-0.2, 0) is 6.42 Å². The number of aromatic nitrogens is 3. The molecule has 0 aliphatic rings. The standard InChI is InChI=1S/C9H9Cl2N3S/c1-2-3-7-12-9(14-13-7)5-4-6(10)15-8(5)11/h4H,2-3H2,1H3,(H,12,13,14). The van der Waals surface area contributed by atoms with Gasteiger partial charge >= 0.3 is 0 Å². The Hall–Kier alpha value is -0.580. The fourth-order valence-electron chi connectivity index (χ4n) is 1.26. The minimum Gasteiger partial charge on any atom is -0.263 e. The molecule has 0 atom stereocenters. The highest BCUT2D eigenvalue weighted by atomic mass is 35.5. The molecular formula is C9H9Cl2N3S. The van der Waals surface area contributed by atoms with Gasteiger partial charge in [0.2, 0.25) is 0 Å². The largest absolute Gasteiger partial charge is 0.263 e. The van der Waals surface area contributed by atoms with Gasteiger partial charge in [-0.15, -0.1) is 11.3 Å². The SMILES string of the molecule is CCCc1nc(-c2cc(Cl)sc2Cl)n[nH]1. The van der Waals surface area contributed by atoms with Gasteiger partial charge in [0.15, 0.2) is 5.82 Å². The van der Waals surface area contributed by atoms with Crippen molar-refractivity contribution in [2.45, 2.75) is 19.8 Å². The van der Waals surface area contributed by atoms with Crippen LogP contribution in [-0.4, -0.2) is 15.2 Å². The van der Waals surface area contributed by atoms with Gasteiger partial charge in [-0.05, 0) is 12.5 Å². The van der Waals surface area contributed by atoms with Crippen molar-refractivity contribution >= 4 is 34.5 Å². The highest BCUT2D eigenvalue weighted by Gasteiger charge is 2.12. The molecule has 0 aliphatic carbocycles. The lowest BCUT2D eigenvalue weighted by Gasteiger charge is -1.89. The van der Waals surface area contributed by atoms with Crippen molar-refractivity contribution in [3.05, 3.63) is 20.6 Å². The van der Waals surface area contributed by atoms with Crippen LogP contribution in [0.3, 0.4) is 0 Å². The molecule has 0 aromatic carbocycles. The van der Waals surface area contributed by atoms with Crippen LogP contribution in [0.2, 0.25) is 8.67 Å². The Morgan fingerprint density at radius 3 is 2.87 bits per heavy atom. The van der Waals surface area contributed by atoms with Gasteiger partial charge in [0.25, 0.3) is 0 Å². The predicted octanol–water partition coefficient (Wildman–Crippen LogP) is 3.79. The number of nitrogens with one attached hydrogen (secondary N) is 1. The van der Waals surface area contributed by atoms with Gasteiger partial charge in [-0.1, -0.05) is 30.1 Å². The third-order valence-corrected chi connectivity index (χ3v) is 3.40. The van der Waals surface area contributed by atoms with Crippen molar-refractivity contribution in [2.24, 2.45) is 0 Å². The second-order valence-electron chi connectivity index (χ2n) is 3.09. The van der Waals surface area contributed by atoms with E-state index in [1.807, 2.05) is 0 Å². The maximum atomic E-state index is 6.01. The van der Waals surface area contributed by atoms with Gasteiger partial charge in [0.1, 0.15) is 10.2 Å². The highest BCUT2D eigenvalue weighted by Crippen LogP contribution is 2.36. The van der Waals surface area contributed by atoms with E-state index in [0.29, 0.717) is 14.5 Å². The van der Waals surface area contributed by atoms with Gasteiger partial charge < -0.3 is 0 Å². The zero-order valence-electron chi connectivity index (χ0n) is 8.05. The molecule has 2 aromatic heterocycles. The zero-order valence-corrected chi connectivity index (χ0v) is 10.4. The van der Waals surface area contributed by atoms with Crippen molar-refractivity contribution in [2.75, 3.05) is 0 Å². The summed E-state index contributed by atoms with van der Waals surface area (Å²) >= 11 is 13.2. The van der Waals surface area contributed by atoms with Crippen LogP contribution in [0.5, 0.6) is 0 Å². The molecule has 0 aliphatic heterocycles. The summed E-state index contributed by atoms with van der Waals surface area (Å²) in [5, 5.41) is 6.99. The molecule has 0 saturated heterocycles. The molecule has 0 fully saturated rings. The monoisotopic (exact) mass is 261 g/mol. The Balaban J connectivity index is 2.32. The fourth-order valence-corrected chi connectivity index (χ4v) is 2.71. The summed E-state index contributed by atoms with van der Waals surface area (Å²) in [5.74, 6) is 1.50. The van der Waals surface area contributed by atoms with E-state index in [-0.39, 0.29) is 0 Å². The van der Waals surface area contributed by atoms with Gasteiger partial charge in [-0.3, -0.25) is 5.10 Å². The molecule has 0 unspecified atom stereocenters. The van der Waals surface area contributed by atoms with Crippen molar-refractivity contribution < 1.29 is 0 Å². The Labute approximate surface area is 101 Å².